The second-order valence-corrected chi connectivity index (χ2v) is 8.88. The van der Waals surface area contributed by atoms with Crippen LogP contribution in [0.1, 0.15) is 61.0 Å². The molecule has 6 heteroatoms. The van der Waals surface area contributed by atoms with E-state index in [0.717, 1.165) is 16.8 Å². The van der Waals surface area contributed by atoms with Crippen molar-refractivity contribution in [3.05, 3.63) is 88.4 Å². The zero-order chi connectivity index (χ0) is 24.0. The number of rotatable bonds is 8. The van der Waals surface area contributed by atoms with Crippen LogP contribution in [0.2, 0.25) is 5.02 Å². The molecule has 33 heavy (non-hydrogen) atoms. The van der Waals surface area contributed by atoms with Gasteiger partial charge in [-0.3, -0.25) is 9.59 Å². The molecule has 0 spiro atoms. The van der Waals surface area contributed by atoms with Crippen molar-refractivity contribution in [1.29, 1.82) is 0 Å². The number of carbonyl (C=O) groups is 2. The normalized spacial score (nSPS) is 10.9. The monoisotopic (exact) mass is 464 g/mol. The maximum absolute atomic E-state index is 12.6. The molecule has 0 aliphatic heterocycles. The van der Waals surface area contributed by atoms with Crippen molar-refractivity contribution in [1.82, 2.24) is 0 Å². The highest BCUT2D eigenvalue weighted by Gasteiger charge is 2.16. The third-order valence-electron chi connectivity index (χ3n) is 5.23. The summed E-state index contributed by atoms with van der Waals surface area (Å²) in [5, 5.41) is 6.45. The minimum absolute atomic E-state index is 0.125. The summed E-state index contributed by atoms with van der Waals surface area (Å²) in [4.78, 5) is 25.0. The van der Waals surface area contributed by atoms with Gasteiger partial charge in [0, 0.05) is 22.0 Å². The van der Waals surface area contributed by atoms with E-state index in [9.17, 15) is 9.59 Å². The molecule has 0 radical (unpaired) electrons. The SMILES string of the molecule is CC(C)c1cccc(C(C)C)c1NC(=O)COc1ccc(C(=O)Nc2ccc(Cl)cc2)cc1. The number of hydrogen-bond acceptors (Lipinski definition) is 3. The Morgan fingerprint density at radius 2 is 1.39 bits per heavy atom. The molecule has 0 aliphatic rings. The molecular formula is C27H29ClN2O3. The molecule has 0 heterocycles. The van der Waals surface area contributed by atoms with Crippen LogP contribution in [0.15, 0.2) is 66.7 Å². The van der Waals surface area contributed by atoms with Gasteiger partial charge in [0.05, 0.1) is 0 Å². The van der Waals surface area contributed by atoms with Crippen LogP contribution in [-0.4, -0.2) is 18.4 Å². The lowest BCUT2D eigenvalue weighted by molar-refractivity contribution is -0.118. The van der Waals surface area contributed by atoms with Gasteiger partial charge in [0.25, 0.3) is 11.8 Å². The Balaban J connectivity index is 1.60. The highest BCUT2D eigenvalue weighted by Crippen LogP contribution is 2.32. The van der Waals surface area contributed by atoms with Crippen LogP contribution in [0.3, 0.4) is 0 Å². The van der Waals surface area contributed by atoms with Crippen LogP contribution in [0, 0.1) is 0 Å². The van der Waals surface area contributed by atoms with Crippen molar-refractivity contribution in [2.45, 2.75) is 39.5 Å². The van der Waals surface area contributed by atoms with Crippen LogP contribution in [0.25, 0.3) is 0 Å². The van der Waals surface area contributed by atoms with E-state index in [0.29, 0.717) is 22.0 Å². The van der Waals surface area contributed by atoms with E-state index in [-0.39, 0.29) is 30.3 Å². The van der Waals surface area contributed by atoms with Gasteiger partial charge in [-0.25, -0.2) is 0 Å². The van der Waals surface area contributed by atoms with Crippen molar-refractivity contribution in [3.8, 4) is 5.75 Å². The molecule has 0 atom stereocenters. The van der Waals surface area contributed by atoms with Gasteiger partial charge in [-0.15, -0.1) is 0 Å². The fourth-order valence-corrected chi connectivity index (χ4v) is 3.58. The molecule has 0 aromatic heterocycles. The molecule has 3 rings (SSSR count). The zero-order valence-corrected chi connectivity index (χ0v) is 20.1. The van der Waals surface area contributed by atoms with E-state index in [1.807, 2.05) is 18.2 Å². The first kappa shape index (κ1) is 24.3. The standard InChI is InChI=1S/C27H29ClN2O3/c1-17(2)23-6-5-7-24(18(3)4)26(23)30-25(31)16-33-22-14-8-19(9-15-22)27(32)29-21-12-10-20(28)11-13-21/h5-15,17-18H,16H2,1-4H3,(H,29,32)(H,30,31). The average Bonchev–Trinajstić information content (AvgIpc) is 2.79. The molecule has 2 amide bonds. The Hall–Kier alpha value is -3.31. The molecule has 0 saturated carbocycles. The molecule has 5 nitrogen and oxygen atoms in total. The van der Waals surface area contributed by atoms with Crippen LogP contribution < -0.4 is 15.4 Å². The number of ether oxygens (including phenoxy) is 1. The number of amides is 2. The van der Waals surface area contributed by atoms with E-state index < -0.39 is 0 Å². The maximum atomic E-state index is 12.6. The zero-order valence-electron chi connectivity index (χ0n) is 19.3. The summed E-state index contributed by atoms with van der Waals surface area (Å²) in [6.45, 7) is 8.30. The van der Waals surface area contributed by atoms with Gasteiger partial charge < -0.3 is 15.4 Å². The van der Waals surface area contributed by atoms with Crippen molar-refractivity contribution < 1.29 is 14.3 Å². The number of nitrogens with one attached hydrogen (secondary N) is 2. The lowest BCUT2D eigenvalue weighted by Gasteiger charge is -2.20. The maximum Gasteiger partial charge on any atom is 0.262 e. The largest absolute Gasteiger partial charge is 0.484 e. The van der Waals surface area contributed by atoms with E-state index in [1.54, 1.807) is 48.5 Å². The summed E-state index contributed by atoms with van der Waals surface area (Å²) >= 11 is 5.87. The molecule has 0 unspecified atom stereocenters. The summed E-state index contributed by atoms with van der Waals surface area (Å²) in [7, 11) is 0. The summed E-state index contributed by atoms with van der Waals surface area (Å²) < 4.78 is 5.65. The topological polar surface area (TPSA) is 67.4 Å². The molecule has 3 aromatic carbocycles. The first-order chi connectivity index (χ1) is 15.7. The lowest BCUT2D eigenvalue weighted by Crippen LogP contribution is -2.22. The predicted molar refractivity (Wildman–Crippen MR) is 135 cm³/mol. The third kappa shape index (κ3) is 6.59. The van der Waals surface area contributed by atoms with Crippen LogP contribution in [0.5, 0.6) is 5.75 Å². The second-order valence-electron chi connectivity index (χ2n) is 8.44. The number of halogens is 1. The molecular weight excluding hydrogens is 436 g/mol. The summed E-state index contributed by atoms with van der Waals surface area (Å²) in [5.74, 6) is 0.607. The van der Waals surface area contributed by atoms with Gasteiger partial charge in [0.1, 0.15) is 5.75 Å². The molecule has 0 aliphatic carbocycles. The Bertz CT molecular complexity index is 1080. The Labute approximate surface area is 200 Å². The number of carbonyl (C=O) groups excluding carboxylic acids is 2. The predicted octanol–water partition coefficient (Wildman–Crippen LogP) is 6.86. The molecule has 3 aromatic rings. The van der Waals surface area contributed by atoms with Gasteiger partial charge >= 0.3 is 0 Å². The van der Waals surface area contributed by atoms with E-state index >= 15 is 0 Å². The molecule has 0 fully saturated rings. The number of para-hydroxylation sites is 1. The smallest absolute Gasteiger partial charge is 0.262 e. The lowest BCUT2D eigenvalue weighted by atomic mass is 9.92. The molecule has 0 saturated heterocycles. The van der Waals surface area contributed by atoms with Crippen LogP contribution >= 0.6 is 11.6 Å². The quantitative estimate of drug-likeness (QED) is 0.382. The van der Waals surface area contributed by atoms with Crippen LogP contribution in [-0.2, 0) is 4.79 Å². The van der Waals surface area contributed by atoms with Crippen molar-refractivity contribution in [3.63, 3.8) is 0 Å². The van der Waals surface area contributed by atoms with E-state index in [4.69, 9.17) is 16.3 Å². The molecule has 0 bridgehead atoms. The Kier molecular flexibility index (Phi) is 8.12. The highest BCUT2D eigenvalue weighted by atomic mass is 35.5. The first-order valence-electron chi connectivity index (χ1n) is 11.0. The molecule has 2 N–H and O–H groups in total. The fourth-order valence-electron chi connectivity index (χ4n) is 3.46. The van der Waals surface area contributed by atoms with Gasteiger partial charge in [-0.2, -0.15) is 0 Å². The third-order valence-corrected chi connectivity index (χ3v) is 5.48. The van der Waals surface area contributed by atoms with Gasteiger partial charge in [-0.1, -0.05) is 57.5 Å². The second kappa shape index (κ2) is 11.0. The molecule has 172 valence electrons. The Morgan fingerprint density at radius 1 is 0.818 bits per heavy atom. The Morgan fingerprint density at radius 3 is 1.94 bits per heavy atom. The van der Waals surface area contributed by atoms with Crippen molar-refractivity contribution >= 4 is 34.8 Å². The number of benzene rings is 3. The summed E-state index contributed by atoms with van der Waals surface area (Å²) in [5.41, 5.74) is 4.21. The first-order valence-corrected chi connectivity index (χ1v) is 11.3. The van der Waals surface area contributed by atoms with E-state index in [2.05, 4.69) is 38.3 Å². The fraction of sp³-hybridized carbons (Fsp3) is 0.259. The van der Waals surface area contributed by atoms with Gasteiger partial charge in [-0.05, 0) is 71.5 Å². The number of hydrogen-bond donors (Lipinski definition) is 2. The number of anilines is 2. The van der Waals surface area contributed by atoms with Crippen molar-refractivity contribution in [2.24, 2.45) is 0 Å². The van der Waals surface area contributed by atoms with E-state index in [1.165, 1.54) is 0 Å². The minimum Gasteiger partial charge on any atom is -0.484 e. The minimum atomic E-state index is -0.242. The van der Waals surface area contributed by atoms with Gasteiger partial charge in [0.2, 0.25) is 0 Å². The van der Waals surface area contributed by atoms with Crippen molar-refractivity contribution in [2.75, 3.05) is 17.2 Å². The average molecular weight is 465 g/mol. The summed E-state index contributed by atoms with van der Waals surface area (Å²) in [6.07, 6.45) is 0. The summed E-state index contributed by atoms with van der Waals surface area (Å²) in [6, 6.07) is 19.7. The highest BCUT2D eigenvalue weighted by molar-refractivity contribution is 6.30. The van der Waals surface area contributed by atoms with Crippen LogP contribution in [0.4, 0.5) is 11.4 Å². The van der Waals surface area contributed by atoms with Gasteiger partial charge in [0.15, 0.2) is 6.61 Å².